The molecule has 1 heterocycles. The van der Waals surface area contributed by atoms with E-state index in [0.29, 0.717) is 6.04 Å². The molecule has 3 rings (SSSR count). The predicted molar refractivity (Wildman–Crippen MR) is 90.2 cm³/mol. The van der Waals surface area contributed by atoms with Gasteiger partial charge in [-0.05, 0) is 23.8 Å². The molecule has 0 aromatic heterocycles. The fourth-order valence-corrected chi connectivity index (χ4v) is 2.86. The normalized spacial score (nSPS) is 18.6. The molecule has 0 radical (unpaired) electrons. The lowest BCUT2D eigenvalue weighted by Gasteiger charge is -2.36. The summed E-state index contributed by atoms with van der Waals surface area (Å²) in [5.41, 5.74) is 3.93. The Morgan fingerprint density at radius 2 is 1.86 bits per heavy atom. The highest BCUT2D eigenvalue weighted by Crippen LogP contribution is 2.25. The van der Waals surface area contributed by atoms with Crippen LogP contribution in [0.25, 0.3) is 0 Å². The largest absolute Gasteiger partial charge is 0.378 e. The van der Waals surface area contributed by atoms with E-state index >= 15 is 0 Å². The third-order valence-electron chi connectivity index (χ3n) is 4.09. The van der Waals surface area contributed by atoms with E-state index in [4.69, 9.17) is 0 Å². The third-order valence-corrected chi connectivity index (χ3v) is 4.09. The van der Waals surface area contributed by atoms with Crippen molar-refractivity contribution in [3.05, 3.63) is 60.2 Å². The number of hydrogen-bond donors (Lipinski definition) is 1. The Balaban J connectivity index is 1.78. The molecule has 1 unspecified atom stereocenters. The number of nitrogens with zero attached hydrogens (tertiary/aromatic N) is 2. The Morgan fingerprint density at radius 1 is 1.05 bits per heavy atom. The van der Waals surface area contributed by atoms with Crippen molar-refractivity contribution in [1.82, 2.24) is 5.32 Å². The molecule has 2 aromatic carbocycles. The Morgan fingerprint density at radius 3 is 2.62 bits per heavy atom. The van der Waals surface area contributed by atoms with E-state index in [0.717, 1.165) is 19.6 Å². The van der Waals surface area contributed by atoms with Gasteiger partial charge in [-0.25, -0.2) is 0 Å². The van der Waals surface area contributed by atoms with Crippen LogP contribution in [0.3, 0.4) is 0 Å². The highest BCUT2D eigenvalue weighted by atomic mass is 15.2. The zero-order valence-corrected chi connectivity index (χ0v) is 12.8. The highest BCUT2D eigenvalue weighted by molar-refractivity contribution is 5.59. The number of piperazine rings is 1. The molecule has 1 aliphatic rings. The van der Waals surface area contributed by atoms with E-state index in [9.17, 15) is 0 Å². The van der Waals surface area contributed by atoms with Gasteiger partial charge in [-0.2, -0.15) is 0 Å². The van der Waals surface area contributed by atoms with Crippen molar-refractivity contribution >= 4 is 11.4 Å². The summed E-state index contributed by atoms with van der Waals surface area (Å²) in [6.45, 7) is 3.09. The molecule has 1 saturated heterocycles. The number of benzene rings is 2. The summed E-state index contributed by atoms with van der Waals surface area (Å²) in [6.07, 6.45) is 0. The number of nitrogens with one attached hydrogen (secondary N) is 1. The molecule has 110 valence electrons. The molecule has 3 heteroatoms. The van der Waals surface area contributed by atoms with Crippen LogP contribution in [0.15, 0.2) is 54.6 Å². The fraction of sp³-hybridized carbons (Fsp3) is 0.333. The fourth-order valence-electron chi connectivity index (χ4n) is 2.86. The van der Waals surface area contributed by atoms with Crippen LogP contribution in [-0.2, 0) is 0 Å². The molecular weight excluding hydrogens is 258 g/mol. The molecule has 1 aliphatic heterocycles. The quantitative estimate of drug-likeness (QED) is 0.933. The van der Waals surface area contributed by atoms with Crippen LogP contribution in [-0.4, -0.2) is 33.7 Å². The summed E-state index contributed by atoms with van der Waals surface area (Å²) >= 11 is 0. The van der Waals surface area contributed by atoms with Crippen LogP contribution in [0.5, 0.6) is 0 Å². The Labute approximate surface area is 127 Å². The van der Waals surface area contributed by atoms with E-state index in [-0.39, 0.29) is 0 Å². The van der Waals surface area contributed by atoms with Crippen LogP contribution < -0.4 is 15.1 Å². The zero-order valence-electron chi connectivity index (χ0n) is 12.8. The minimum atomic E-state index is 0.406. The summed E-state index contributed by atoms with van der Waals surface area (Å²) < 4.78 is 0. The first kappa shape index (κ1) is 14.0. The molecule has 0 spiro atoms. The smallest absolute Gasteiger partial charge is 0.0498 e. The van der Waals surface area contributed by atoms with Gasteiger partial charge in [-0.1, -0.05) is 36.4 Å². The summed E-state index contributed by atoms with van der Waals surface area (Å²) in [5, 5.41) is 3.62. The van der Waals surface area contributed by atoms with Gasteiger partial charge in [0, 0.05) is 51.1 Å². The maximum atomic E-state index is 3.62. The summed E-state index contributed by atoms with van der Waals surface area (Å²) in [4.78, 5) is 4.63. The molecule has 21 heavy (non-hydrogen) atoms. The molecule has 1 atom stereocenters. The van der Waals surface area contributed by atoms with Crippen molar-refractivity contribution in [1.29, 1.82) is 0 Å². The average Bonchev–Trinajstić information content (AvgIpc) is 2.56. The average molecular weight is 281 g/mol. The van der Waals surface area contributed by atoms with Crippen LogP contribution in [0.2, 0.25) is 0 Å². The van der Waals surface area contributed by atoms with Gasteiger partial charge in [0.05, 0.1) is 0 Å². The molecule has 0 aliphatic carbocycles. The second-order valence-electron chi connectivity index (χ2n) is 5.78. The maximum absolute atomic E-state index is 3.62. The lowest BCUT2D eigenvalue weighted by Crippen LogP contribution is -2.45. The molecule has 1 fully saturated rings. The van der Waals surface area contributed by atoms with E-state index in [1.54, 1.807) is 0 Å². The van der Waals surface area contributed by atoms with Gasteiger partial charge >= 0.3 is 0 Å². The summed E-state index contributed by atoms with van der Waals surface area (Å²) in [6, 6.07) is 19.9. The van der Waals surface area contributed by atoms with Gasteiger partial charge in [-0.3, -0.25) is 0 Å². The van der Waals surface area contributed by atoms with E-state index in [2.05, 4.69) is 83.8 Å². The van der Waals surface area contributed by atoms with Gasteiger partial charge in [0.1, 0.15) is 0 Å². The molecule has 1 N–H and O–H groups in total. The first-order valence-corrected chi connectivity index (χ1v) is 7.55. The number of anilines is 2. The van der Waals surface area contributed by atoms with Crippen molar-refractivity contribution in [2.24, 2.45) is 0 Å². The van der Waals surface area contributed by atoms with Gasteiger partial charge in [0.15, 0.2) is 0 Å². The Hall–Kier alpha value is -2.00. The van der Waals surface area contributed by atoms with Gasteiger partial charge in [0.2, 0.25) is 0 Å². The highest BCUT2D eigenvalue weighted by Gasteiger charge is 2.20. The van der Waals surface area contributed by atoms with E-state index < -0.39 is 0 Å². The first-order valence-electron chi connectivity index (χ1n) is 7.55. The second kappa shape index (κ2) is 6.19. The minimum Gasteiger partial charge on any atom is -0.378 e. The molecule has 2 aromatic rings. The predicted octanol–water partition coefficient (Wildman–Crippen LogP) is 2.90. The SMILES string of the molecule is CN(C)c1cccc(N2CCNC(c3ccccc3)C2)c1. The standard InChI is InChI=1S/C18H23N3/c1-20(2)16-9-6-10-17(13-16)21-12-11-19-18(14-21)15-7-4-3-5-8-15/h3-10,13,18-19H,11-12,14H2,1-2H3. The van der Waals surface area contributed by atoms with Crippen molar-refractivity contribution in [2.75, 3.05) is 43.5 Å². The summed E-state index contributed by atoms with van der Waals surface area (Å²) in [7, 11) is 4.17. The summed E-state index contributed by atoms with van der Waals surface area (Å²) in [5.74, 6) is 0. The van der Waals surface area contributed by atoms with Gasteiger partial charge in [0.25, 0.3) is 0 Å². The van der Waals surface area contributed by atoms with E-state index in [1.807, 2.05) is 0 Å². The minimum absolute atomic E-state index is 0.406. The molecule has 3 nitrogen and oxygen atoms in total. The zero-order chi connectivity index (χ0) is 14.7. The van der Waals surface area contributed by atoms with Crippen LogP contribution in [0.1, 0.15) is 11.6 Å². The monoisotopic (exact) mass is 281 g/mol. The first-order chi connectivity index (χ1) is 10.2. The van der Waals surface area contributed by atoms with Crippen molar-refractivity contribution in [3.63, 3.8) is 0 Å². The van der Waals surface area contributed by atoms with Crippen LogP contribution in [0, 0.1) is 0 Å². The Kier molecular flexibility index (Phi) is 4.11. The maximum Gasteiger partial charge on any atom is 0.0498 e. The van der Waals surface area contributed by atoms with Crippen LogP contribution >= 0.6 is 0 Å². The molecule has 0 saturated carbocycles. The van der Waals surface area contributed by atoms with Gasteiger partial charge < -0.3 is 15.1 Å². The lowest BCUT2D eigenvalue weighted by atomic mass is 10.0. The van der Waals surface area contributed by atoms with Gasteiger partial charge in [-0.15, -0.1) is 0 Å². The topological polar surface area (TPSA) is 18.5 Å². The number of hydrogen-bond acceptors (Lipinski definition) is 3. The van der Waals surface area contributed by atoms with Crippen molar-refractivity contribution < 1.29 is 0 Å². The number of rotatable bonds is 3. The van der Waals surface area contributed by atoms with Crippen molar-refractivity contribution in [3.8, 4) is 0 Å². The van der Waals surface area contributed by atoms with E-state index in [1.165, 1.54) is 16.9 Å². The van der Waals surface area contributed by atoms with Crippen molar-refractivity contribution in [2.45, 2.75) is 6.04 Å². The second-order valence-corrected chi connectivity index (χ2v) is 5.78. The third kappa shape index (κ3) is 3.19. The molecule has 0 bridgehead atoms. The molecular formula is C18H23N3. The lowest BCUT2D eigenvalue weighted by molar-refractivity contribution is 0.472. The Bertz CT molecular complexity index is 580. The molecule has 0 amide bonds. The van der Waals surface area contributed by atoms with Crippen LogP contribution in [0.4, 0.5) is 11.4 Å².